The molecule has 10 heavy (non-hydrogen) atoms. The van der Waals surface area contributed by atoms with Crippen LogP contribution >= 0.6 is 0 Å². The predicted octanol–water partition coefficient (Wildman–Crippen LogP) is -2.26. The fourth-order valence-electron chi connectivity index (χ4n) is 0.105. The molecule has 71 valence electrons. The van der Waals surface area contributed by atoms with E-state index in [1.54, 1.807) is 6.92 Å². The molecule has 0 amide bonds. The van der Waals surface area contributed by atoms with Crippen LogP contribution in [0.25, 0.3) is 0 Å². The molecule has 0 unspecified atom stereocenters. The largest absolute Gasteiger partial charge is 0.412 e. The molecule has 1 radical (unpaired) electrons. The van der Waals surface area contributed by atoms with Crippen LogP contribution in [-0.4, -0.2) is 28.1 Å². The van der Waals surface area contributed by atoms with Gasteiger partial charge in [-0.05, 0) is 6.92 Å². The quantitative estimate of drug-likeness (QED) is 0.286. The molecule has 0 rings (SSSR count). The summed E-state index contributed by atoms with van der Waals surface area (Å²) in [5.41, 5.74) is 0. The van der Waals surface area contributed by atoms with Crippen molar-refractivity contribution in [2.45, 2.75) is 6.92 Å². The van der Waals surface area contributed by atoms with Gasteiger partial charge in [0.15, 0.2) is 0 Å². The van der Waals surface area contributed by atoms with Crippen molar-refractivity contribution in [3.05, 3.63) is 10.1 Å². The Morgan fingerprint density at radius 1 is 1.40 bits per heavy atom. The van der Waals surface area contributed by atoms with Crippen molar-refractivity contribution in [3.63, 3.8) is 0 Å². The molecule has 0 aromatic heterocycles. The smallest absolute Gasteiger partial charge is 0.294 e. The van der Waals surface area contributed by atoms with Gasteiger partial charge >= 0.3 is 0 Å². The van der Waals surface area contributed by atoms with Crippen LogP contribution in [0.15, 0.2) is 0 Å². The average molecular weight is 209 g/mol. The maximum Gasteiger partial charge on any atom is 0.294 e. The van der Waals surface area contributed by atoms with Crippen molar-refractivity contribution in [2.24, 2.45) is 0 Å². The van der Waals surface area contributed by atoms with Crippen LogP contribution in [0.3, 0.4) is 0 Å². The van der Waals surface area contributed by atoms with E-state index in [1.807, 2.05) is 0 Å². The van der Waals surface area contributed by atoms with Crippen molar-refractivity contribution < 1.29 is 43.4 Å². The Morgan fingerprint density at radius 2 is 1.70 bits per heavy atom. The number of hydrogen-bond acceptors (Lipinski definition) is 3. The zero-order chi connectivity index (χ0) is 4.99. The van der Waals surface area contributed by atoms with Gasteiger partial charge < -0.3 is 21.3 Å². The van der Waals surface area contributed by atoms with Crippen molar-refractivity contribution in [1.82, 2.24) is 0 Å². The Hall–Kier alpha value is -0.401. The second kappa shape index (κ2) is 23.5. The molecule has 7 nitrogen and oxygen atoms in total. The van der Waals surface area contributed by atoms with E-state index in [9.17, 15) is 10.1 Å². The Morgan fingerprint density at radius 3 is 1.70 bits per heavy atom. The predicted molar refractivity (Wildman–Crippen MR) is 29.5 cm³/mol. The number of nitrogens with zero attached hydrogens (tertiary/aromatic N) is 1. The van der Waals surface area contributed by atoms with Gasteiger partial charge in [-0.3, -0.25) is 0 Å². The Labute approximate surface area is 67.9 Å². The van der Waals surface area contributed by atoms with Crippen molar-refractivity contribution in [2.75, 3.05) is 6.61 Å². The minimum atomic E-state index is -0.819. The molecule has 0 saturated carbocycles. The molecular formula is C2H11CuNO6. The van der Waals surface area contributed by atoms with Crippen molar-refractivity contribution in [3.8, 4) is 0 Å². The second-order valence-corrected chi connectivity index (χ2v) is 0.641. The van der Waals surface area contributed by atoms with Gasteiger partial charge in [-0.15, -0.1) is 10.1 Å². The van der Waals surface area contributed by atoms with E-state index >= 15 is 0 Å². The third-order valence-electron chi connectivity index (χ3n) is 0.235. The van der Waals surface area contributed by atoms with Gasteiger partial charge in [0, 0.05) is 17.1 Å². The van der Waals surface area contributed by atoms with E-state index in [0.717, 1.165) is 0 Å². The summed E-state index contributed by atoms with van der Waals surface area (Å²) in [6.07, 6.45) is 0. The van der Waals surface area contributed by atoms with Crippen molar-refractivity contribution in [1.29, 1.82) is 0 Å². The van der Waals surface area contributed by atoms with Crippen LogP contribution in [0.1, 0.15) is 6.92 Å². The minimum absolute atomic E-state index is 0. The van der Waals surface area contributed by atoms with E-state index in [4.69, 9.17) is 0 Å². The molecule has 0 aliphatic carbocycles. The van der Waals surface area contributed by atoms with Gasteiger partial charge in [0.05, 0.1) is 6.61 Å². The molecule has 6 N–H and O–H groups in total. The molecule has 0 spiro atoms. The summed E-state index contributed by atoms with van der Waals surface area (Å²) >= 11 is 0. The summed E-state index contributed by atoms with van der Waals surface area (Å²) in [6, 6.07) is 0. The maximum absolute atomic E-state index is 9.18. The van der Waals surface area contributed by atoms with Crippen LogP contribution in [0.4, 0.5) is 0 Å². The van der Waals surface area contributed by atoms with E-state index in [0.29, 0.717) is 0 Å². The summed E-state index contributed by atoms with van der Waals surface area (Å²) in [6.45, 7) is 1.69. The molecule has 0 atom stereocenters. The molecule has 0 heterocycles. The molecular weight excluding hydrogens is 198 g/mol. The molecule has 0 saturated heterocycles. The third-order valence-corrected chi connectivity index (χ3v) is 0.235. The van der Waals surface area contributed by atoms with Crippen LogP contribution in [0.2, 0.25) is 0 Å². The molecule has 8 heteroatoms. The topological polar surface area (TPSA) is 147 Å². The Balaban J connectivity index is -0.0000000208. The zero-order valence-corrected chi connectivity index (χ0v) is 6.12. The maximum atomic E-state index is 9.18. The van der Waals surface area contributed by atoms with Gasteiger partial charge in [0.1, 0.15) is 0 Å². The molecule has 0 aromatic carbocycles. The van der Waals surface area contributed by atoms with E-state index in [-0.39, 0.29) is 40.1 Å². The van der Waals surface area contributed by atoms with E-state index in [1.165, 1.54) is 0 Å². The summed E-state index contributed by atoms with van der Waals surface area (Å²) in [5.74, 6) is 0. The molecule has 0 aliphatic heterocycles. The fraction of sp³-hybridized carbons (Fsp3) is 1.00. The SMILES string of the molecule is CCO[N+](=O)[O-].O.O.O.[Cu]. The van der Waals surface area contributed by atoms with Crippen LogP contribution < -0.4 is 0 Å². The first kappa shape index (κ1) is 33.6. The summed E-state index contributed by atoms with van der Waals surface area (Å²) in [5, 5.41) is 8.36. The van der Waals surface area contributed by atoms with Crippen LogP contribution in [-0.2, 0) is 21.9 Å². The van der Waals surface area contributed by atoms with Gasteiger partial charge in [0.25, 0.3) is 5.09 Å². The Bertz CT molecular complexity index is 59.7. The van der Waals surface area contributed by atoms with Gasteiger partial charge in [-0.25, -0.2) is 0 Å². The monoisotopic (exact) mass is 208 g/mol. The Kier molecular flexibility index (Phi) is 78.8. The third kappa shape index (κ3) is 49.0. The van der Waals surface area contributed by atoms with Crippen molar-refractivity contribution >= 4 is 0 Å². The summed E-state index contributed by atoms with van der Waals surface area (Å²) in [4.78, 5) is 12.9. The first-order valence-electron chi connectivity index (χ1n) is 1.54. The fourth-order valence-corrected chi connectivity index (χ4v) is 0.105. The average Bonchev–Trinajstić information content (AvgIpc) is 1.35. The van der Waals surface area contributed by atoms with E-state index < -0.39 is 5.09 Å². The normalized spacial score (nSPS) is 4.50. The first-order chi connectivity index (χ1) is 2.77. The minimum Gasteiger partial charge on any atom is -0.412 e. The molecule has 0 fully saturated rings. The summed E-state index contributed by atoms with van der Waals surface area (Å²) < 4.78 is 0. The molecule has 0 aromatic rings. The first-order valence-corrected chi connectivity index (χ1v) is 1.54. The zero-order valence-electron chi connectivity index (χ0n) is 5.18. The number of hydrogen-bond donors (Lipinski definition) is 0. The molecule has 0 bridgehead atoms. The van der Waals surface area contributed by atoms with Gasteiger partial charge in [-0.2, -0.15) is 0 Å². The standard InChI is InChI=1S/C2H5NO3.Cu.3H2O/c1-2-6-3(4)5;;;;/h2H2,1H3;;3*1H2. The van der Waals surface area contributed by atoms with Crippen LogP contribution in [0, 0.1) is 10.1 Å². The van der Waals surface area contributed by atoms with Gasteiger partial charge in [0.2, 0.25) is 0 Å². The van der Waals surface area contributed by atoms with E-state index in [2.05, 4.69) is 4.84 Å². The number of rotatable bonds is 2. The van der Waals surface area contributed by atoms with Gasteiger partial charge in [-0.1, -0.05) is 0 Å². The summed E-state index contributed by atoms with van der Waals surface area (Å²) in [7, 11) is 0. The second-order valence-electron chi connectivity index (χ2n) is 0.641. The molecule has 0 aliphatic rings. The van der Waals surface area contributed by atoms with Crippen LogP contribution in [0.5, 0.6) is 0 Å².